The summed E-state index contributed by atoms with van der Waals surface area (Å²) in [5.41, 5.74) is 17.8. The van der Waals surface area contributed by atoms with Gasteiger partial charge in [-0.3, -0.25) is 14.4 Å². The predicted octanol–water partition coefficient (Wildman–Crippen LogP) is -1.27. The van der Waals surface area contributed by atoms with Crippen LogP contribution < -0.4 is 33.2 Å². The van der Waals surface area contributed by atoms with Crippen molar-refractivity contribution in [1.29, 1.82) is 0 Å². The van der Waals surface area contributed by atoms with E-state index in [1.165, 1.54) is 6.92 Å². The Morgan fingerprint density at radius 2 is 1.35 bits per heavy atom. The van der Waals surface area contributed by atoms with Crippen molar-refractivity contribution in [3.8, 4) is 0 Å². The van der Waals surface area contributed by atoms with E-state index in [4.69, 9.17) is 17.2 Å². The van der Waals surface area contributed by atoms with Crippen molar-refractivity contribution in [3.63, 3.8) is 0 Å². The van der Waals surface area contributed by atoms with Gasteiger partial charge in [0.2, 0.25) is 17.7 Å². The molecule has 1 rings (SSSR count). The molecule has 3 amide bonds. The molecule has 11 N–H and O–H groups in total. The van der Waals surface area contributed by atoms with Crippen molar-refractivity contribution < 1.29 is 29.4 Å². The summed E-state index contributed by atoms with van der Waals surface area (Å²) >= 11 is 0. The summed E-state index contributed by atoms with van der Waals surface area (Å²) in [7, 11) is 0. The van der Waals surface area contributed by atoms with Crippen molar-refractivity contribution in [2.75, 3.05) is 13.1 Å². The van der Waals surface area contributed by atoms with Gasteiger partial charge in [0.05, 0.1) is 12.1 Å². The Morgan fingerprint density at radius 1 is 0.811 bits per heavy atom. The fourth-order valence-corrected chi connectivity index (χ4v) is 3.65. The largest absolute Gasteiger partial charge is 0.480 e. The van der Waals surface area contributed by atoms with Crippen LogP contribution in [0.15, 0.2) is 30.3 Å². The number of aliphatic hydroxyl groups excluding tert-OH is 1. The third kappa shape index (κ3) is 12.2. The summed E-state index contributed by atoms with van der Waals surface area (Å²) in [6.45, 7) is 2.10. The summed E-state index contributed by atoms with van der Waals surface area (Å²) in [5.74, 6) is -3.30. The zero-order valence-electron chi connectivity index (χ0n) is 21.4. The Labute approximate surface area is 217 Å². The molecule has 0 aliphatic heterocycles. The number of rotatable bonds is 18. The minimum absolute atomic E-state index is 0.149. The van der Waals surface area contributed by atoms with E-state index < -0.39 is 54.0 Å². The number of aliphatic carboxylic acids is 1. The molecule has 0 aliphatic carbocycles. The van der Waals surface area contributed by atoms with E-state index in [2.05, 4.69) is 16.0 Å². The Hall–Kier alpha value is -3.06. The van der Waals surface area contributed by atoms with Crippen LogP contribution in [0.5, 0.6) is 0 Å². The Morgan fingerprint density at radius 3 is 1.89 bits per heavy atom. The highest BCUT2D eigenvalue weighted by Gasteiger charge is 2.31. The number of amides is 3. The highest BCUT2D eigenvalue weighted by Crippen LogP contribution is 2.08. The maximum absolute atomic E-state index is 13.3. The number of carbonyl (C=O) groups excluding carboxylic acids is 3. The smallest absolute Gasteiger partial charge is 0.328 e. The number of hydrogen-bond donors (Lipinski definition) is 8. The number of aliphatic hydroxyl groups is 1. The fraction of sp³-hybridized carbons (Fsp3) is 0.600. The average Bonchev–Trinajstić information content (AvgIpc) is 2.86. The van der Waals surface area contributed by atoms with Gasteiger partial charge in [-0.1, -0.05) is 36.8 Å². The Bertz CT molecular complexity index is 853. The zero-order chi connectivity index (χ0) is 27.8. The molecule has 12 heteroatoms. The van der Waals surface area contributed by atoms with Gasteiger partial charge < -0.3 is 43.4 Å². The topological polar surface area (TPSA) is 223 Å². The van der Waals surface area contributed by atoms with E-state index >= 15 is 0 Å². The second-order valence-electron chi connectivity index (χ2n) is 9.05. The third-order valence-corrected chi connectivity index (χ3v) is 5.85. The number of carbonyl (C=O) groups is 4. The van der Waals surface area contributed by atoms with Crippen LogP contribution in [0.3, 0.4) is 0 Å². The molecule has 5 atom stereocenters. The number of benzene rings is 1. The van der Waals surface area contributed by atoms with Gasteiger partial charge in [-0.2, -0.15) is 0 Å². The molecule has 5 unspecified atom stereocenters. The van der Waals surface area contributed by atoms with Crippen LogP contribution in [0.4, 0.5) is 0 Å². The Balaban J connectivity index is 3.06. The number of carboxylic acids is 1. The van der Waals surface area contributed by atoms with Gasteiger partial charge >= 0.3 is 5.97 Å². The summed E-state index contributed by atoms with van der Waals surface area (Å²) < 4.78 is 0. The summed E-state index contributed by atoms with van der Waals surface area (Å²) in [6, 6.07) is 4.52. The molecule has 0 saturated carbocycles. The van der Waals surface area contributed by atoms with Gasteiger partial charge in [-0.25, -0.2) is 4.79 Å². The van der Waals surface area contributed by atoms with Crippen LogP contribution in [-0.2, 0) is 25.6 Å². The molecule has 1 aromatic rings. The molecular formula is C25H42N6O6. The Kier molecular flexibility index (Phi) is 15.0. The monoisotopic (exact) mass is 522 g/mol. The highest BCUT2D eigenvalue weighted by atomic mass is 16.4. The lowest BCUT2D eigenvalue weighted by Crippen LogP contribution is -2.58. The first-order valence-corrected chi connectivity index (χ1v) is 12.6. The summed E-state index contributed by atoms with van der Waals surface area (Å²) in [6.07, 6.45) is 1.84. The molecule has 12 nitrogen and oxygen atoms in total. The van der Waals surface area contributed by atoms with Gasteiger partial charge in [0.25, 0.3) is 0 Å². The molecule has 0 aliphatic rings. The number of hydrogen-bond acceptors (Lipinski definition) is 8. The lowest BCUT2D eigenvalue weighted by molar-refractivity contribution is -0.145. The minimum Gasteiger partial charge on any atom is -0.480 e. The standard InChI is InChI=1S/C25H42N6O6/c1-16(32)21(25(36)37)31-23(34)19(12-6-8-14-27)29-24(35)20(15-17-9-3-2-4-10-17)30-22(33)18(28)11-5-7-13-26/h2-4,9-10,16,18-21,32H,5-8,11-15,26-28H2,1H3,(H,29,35)(H,30,33)(H,31,34)(H,36,37). The van der Waals surface area contributed by atoms with Crippen LogP contribution in [0.25, 0.3) is 0 Å². The van der Waals surface area contributed by atoms with Gasteiger partial charge in [-0.05, 0) is 57.7 Å². The molecule has 208 valence electrons. The van der Waals surface area contributed by atoms with Crippen LogP contribution in [0.1, 0.15) is 51.0 Å². The fourth-order valence-electron chi connectivity index (χ4n) is 3.65. The first-order chi connectivity index (χ1) is 17.6. The van der Waals surface area contributed by atoms with Gasteiger partial charge in [-0.15, -0.1) is 0 Å². The summed E-state index contributed by atoms with van der Waals surface area (Å²) in [5, 5.41) is 26.6. The quantitative estimate of drug-likeness (QED) is 0.107. The van der Waals surface area contributed by atoms with E-state index in [9.17, 15) is 29.4 Å². The van der Waals surface area contributed by atoms with Crippen molar-refractivity contribution in [2.45, 2.75) is 82.1 Å². The number of nitrogens with two attached hydrogens (primary N) is 3. The van der Waals surface area contributed by atoms with E-state index in [0.717, 1.165) is 12.0 Å². The van der Waals surface area contributed by atoms with Gasteiger partial charge in [0.15, 0.2) is 6.04 Å². The van der Waals surface area contributed by atoms with Crippen molar-refractivity contribution >= 4 is 23.7 Å². The second-order valence-corrected chi connectivity index (χ2v) is 9.05. The molecular weight excluding hydrogens is 480 g/mol. The normalized spacial score (nSPS) is 15.1. The van der Waals surface area contributed by atoms with Crippen LogP contribution in [0.2, 0.25) is 0 Å². The van der Waals surface area contributed by atoms with Crippen molar-refractivity contribution in [2.24, 2.45) is 17.2 Å². The molecule has 37 heavy (non-hydrogen) atoms. The maximum atomic E-state index is 13.3. The van der Waals surface area contributed by atoms with Crippen LogP contribution >= 0.6 is 0 Å². The molecule has 0 saturated heterocycles. The first-order valence-electron chi connectivity index (χ1n) is 12.6. The first kappa shape index (κ1) is 32.0. The zero-order valence-corrected chi connectivity index (χ0v) is 21.4. The van der Waals surface area contributed by atoms with Crippen LogP contribution in [-0.4, -0.2) is 77.3 Å². The SMILES string of the molecule is CC(O)C(NC(=O)C(CCCCN)NC(=O)C(Cc1ccccc1)NC(=O)C(N)CCCCN)C(=O)O. The van der Waals surface area contributed by atoms with E-state index in [0.29, 0.717) is 38.8 Å². The predicted molar refractivity (Wildman–Crippen MR) is 139 cm³/mol. The molecule has 0 heterocycles. The van der Waals surface area contributed by atoms with E-state index in [1.54, 1.807) is 24.3 Å². The summed E-state index contributed by atoms with van der Waals surface area (Å²) in [4.78, 5) is 50.4. The maximum Gasteiger partial charge on any atom is 0.328 e. The number of nitrogens with one attached hydrogen (secondary N) is 3. The van der Waals surface area contributed by atoms with E-state index in [-0.39, 0.29) is 12.8 Å². The number of carboxylic acid groups (broad SMARTS) is 1. The highest BCUT2D eigenvalue weighted by molar-refractivity contribution is 5.94. The second kappa shape index (κ2) is 17.4. The molecule has 0 radical (unpaired) electrons. The molecule has 1 aromatic carbocycles. The third-order valence-electron chi connectivity index (χ3n) is 5.85. The van der Waals surface area contributed by atoms with Crippen molar-refractivity contribution in [1.82, 2.24) is 16.0 Å². The van der Waals surface area contributed by atoms with Crippen molar-refractivity contribution in [3.05, 3.63) is 35.9 Å². The molecule has 0 aromatic heterocycles. The molecule has 0 fully saturated rings. The number of unbranched alkanes of at least 4 members (excludes halogenated alkanes) is 2. The lowest BCUT2D eigenvalue weighted by Gasteiger charge is -2.26. The lowest BCUT2D eigenvalue weighted by atomic mass is 10.0. The van der Waals surface area contributed by atoms with Gasteiger partial charge in [0.1, 0.15) is 12.1 Å². The van der Waals surface area contributed by atoms with E-state index in [1.807, 2.05) is 6.07 Å². The van der Waals surface area contributed by atoms with Gasteiger partial charge in [0, 0.05) is 6.42 Å². The molecule has 0 spiro atoms. The van der Waals surface area contributed by atoms with Crippen LogP contribution in [0, 0.1) is 0 Å². The molecule has 0 bridgehead atoms. The average molecular weight is 523 g/mol. The minimum atomic E-state index is -1.55.